The average molecular weight is 171 g/mol. The van der Waals surface area contributed by atoms with Gasteiger partial charge in [0, 0.05) is 5.41 Å². The maximum Gasteiger partial charge on any atom is 0.226 e. The summed E-state index contributed by atoms with van der Waals surface area (Å²) in [7, 11) is 0. The summed E-state index contributed by atoms with van der Waals surface area (Å²) in [6.45, 7) is 7.28. The van der Waals surface area contributed by atoms with Crippen LogP contribution in [0.1, 0.15) is 34.1 Å². The van der Waals surface area contributed by atoms with E-state index in [1.807, 2.05) is 20.8 Å². The van der Waals surface area contributed by atoms with E-state index in [0.717, 1.165) is 6.42 Å². The lowest BCUT2D eigenvalue weighted by atomic mass is 9.89. The number of carbonyl (C=O) groups excluding carboxylic acids is 2. The molecule has 1 amide bonds. The van der Waals surface area contributed by atoms with Gasteiger partial charge in [0.05, 0.1) is 6.54 Å². The van der Waals surface area contributed by atoms with Crippen LogP contribution in [0.5, 0.6) is 0 Å². The first-order valence-electron chi connectivity index (χ1n) is 4.18. The lowest BCUT2D eigenvalue weighted by molar-refractivity contribution is -0.131. The fourth-order valence-corrected chi connectivity index (χ4v) is 0.605. The van der Waals surface area contributed by atoms with Gasteiger partial charge in [-0.2, -0.15) is 0 Å². The first-order chi connectivity index (χ1) is 5.40. The van der Waals surface area contributed by atoms with Crippen LogP contribution in [-0.2, 0) is 9.59 Å². The van der Waals surface area contributed by atoms with E-state index in [0.29, 0.717) is 0 Å². The SMILES string of the molecule is CCC(C)(C)C(=O)NCC(C)=O. The first-order valence-corrected chi connectivity index (χ1v) is 4.18. The third-order valence-electron chi connectivity index (χ3n) is 2.00. The maximum absolute atomic E-state index is 11.3. The molecule has 0 heterocycles. The molecule has 0 atom stereocenters. The van der Waals surface area contributed by atoms with Gasteiger partial charge in [-0.05, 0) is 13.3 Å². The van der Waals surface area contributed by atoms with E-state index >= 15 is 0 Å². The van der Waals surface area contributed by atoms with Crippen LogP contribution in [0.3, 0.4) is 0 Å². The Morgan fingerprint density at radius 2 is 1.83 bits per heavy atom. The zero-order valence-corrected chi connectivity index (χ0v) is 8.23. The normalized spacial score (nSPS) is 11.0. The Morgan fingerprint density at radius 1 is 1.33 bits per heavy atom. The molecule has 0 spiro atoms. The van der Waals surface area contributed by atoms with Gasteiger partial charge in [-0.15, -0.1) is 0 Å². The van der Waals surface area contributed by atoms with Crippen molar-refractivity contribution in [2.24, 2.45) is 5.41 Å². The maximum atomic E-state index is 11.3. The van der Waals surface area contributed by atoms with Gasteiger partial charge in [-0.1, -0.05) is 20.8 Å². The molecule has 0 aromatic heterocycles. The van der Waals surface area contributed by atoms with E-state index in [1.54, 1.807) is 0 Å². The summed E-state index contributed by atoms with van der Waals surface area (Å²) in [5.41, 5.74) is -0.366. The van der Waals surface area contributed by atoms with Gasteiger partial charge in [0.2, 0.25) is 5.91 Å². The monoisotopic (exact) mass is 171 g/mol. The molecule has 0 aromatic rings. The molecule has 0 radical (unpaired) electrons. The molecule has 0 aliphatic carbocycles. The van der Waals surface area contributed by atoms with Crippen LogP contribution >= 0.6 is 0 Å². The van der Waals surface area contributed by atoms with Gasteiger partial charge >= 0.3 is 0 Å². The quantitative estimate of drug-likeness (QED) is 0.689. The Hall–Kier alpha value is -0.860. The fourth-order valence-electron chi connectivity index (χ4n) is 0.605. The van der Waals surface area contributed by atoms with Crippen LogP contribution in [0.15, 0.2) is 0 Å². The summed E-state index contributed by atoms with van der Waals surface area (Å²) < 4.78 is 0. The van der Waals surface area contributed by atoms with E-state index < -0.39 is 0 Å². The molecule has 0 aromatic carbocycles. The molecular formula is C9H17NO2. The van der Waals surface area contributed by atoms with Gasteiger partial charge in [0.25, 0.3) is 0 Å². The number of hydrogen-bond acceptors (Lipinski definition) is 2. The van der Waals surface area contributed by atoms with Gasteiger partial charge < -0.3 is 5.32 Å². The Kier molecular flexibility index (Phi) is 3.93. The lowest BCUT2D eigenvalue weighted by Gasteiger charge is -2.20. The highest BCUT2D eigenvalue weighted by atomic mass is 16.2. The van der Waals surface area contributed by atoms with Gasteiger partial charge in [0.1, 0.15) is 5.78 Å². The van der Waals surface area contributed by atoms with Crippen LogP contribution in [-0.4, -0.2) is 18.2 Å². The highest BCUT2D eigenvalue weighted by molar-refractivity contribution is 5.87. The molecule has 12 heavy (non-hydrogen) atoms. The molecule has 0 saturated heterocycles. The van der Waals surface area contributed by atoms with Crippen LogP contribution in [0, 0.1) is 5.41 Å². The zero-order chi connectivity index (χ0) is 9.78. The summed E-state index contributed by atoms with van der Waals surface area (Å²) in [5.74, 6) is -0.0737. The average Bonchev–Trinajstić information content (AvgIpc) is 2.00. The van der Waals surface area contributed by atoms with Gasteiger partial charge in [-0.3, -0.25) is 9.59 Å². The Bertz CT molecular complexity index is 185. The highest BCUT2D eigenvalue weighted by Gasteiger charge is 2.24. The number of ketones is 1. The predicted octanol–water partition coefficient (Wildman–Crippen LogP) is 1.13. The molecule has 0 aliphatic heterocycles. The van der Waals surface area contributed by atoms with Crippen molar-refractivity contribution < 1.29 is 9.59 Å². The highest BCUT2D eigenvalue weighted by Crippen LogP contribution is 2.18. The molecule has 0 fully saturated rings. The molecule has 0 bridgehead atoms. The molecule has 1 N–H and O–H groups in total. The number of nitrogens with one attached hydrogen (secondary N) is 1. The van der Waals surface area contributed by atoms with E-state index in [4.69, 9.17) is 0 Å². The number of rotatable bonds is 4. The second kappa shape index (κ2) is 4.24. The fraction of sp³-hybridized carbons (Fsp3) is 0.778. The molecule has 0 saturated carbocycles. The summed E-state index contributed by atoms with van der Waals surface area (Å²) in [5, 5.41) is 2.58. The van der Waals surface area contributed by atoms with E-state index in [9.17, 15) is 9.59 Å². The summed E-state index contributed by atoms with van der Waals surface area (Å²) in [4.78, 5) is 21.9. The van der Waals surface area contributed by atoms with Crippen LogP contribution in [0.2, 0.25) is 0 Å². The van der Waals surface area contributed by atoms with Crippen molar-refractivity contribution in [3.8, 4) is 0 Å². The second-order valence-corrected chi connectivity index (χ2v) is 3.62. The minimum atomic E-state index is -0.366. The van der Waals surface area contributed by atoms with Crippen molar-refractivity contribution in [1.29, 1.82) is 0 Å². The number of amides is 1. The van der Waals surface area contributed by atoms with E-state index in [1.165, 1.54) is 6.92 Å². The van der Waals surface area contributed by atoms with E-state index in [2.05, 4.69) is 5.32 Å². The lowest BCUT2D eigenvalue weighted by Crippen LogP contribution is -2.38. The van der Waals surface area contributed by atoms with Crippen molar-refractivity contribution in [1.82, 2.24) is 5.32 Å². The van der Waals surface area contributed by atoms with Crippen LogP contribution in [0.25, 0.3) is 0 Å². The Balaban J connectivity index is 3.96. The molecule has 0 rings (SSSR count). The minimum Gasteiger partial charge on any atom is -0.349 e. The summed E-state index contributed by atoms with van der Waals surface area (Å²) in [6, 6.07) is 0. The molecule has 70 valence electrons. The predicted molar refractivity (Wildman–Crippen MR) is 47.8 cm³/mol. The third-order valence-corrected chi connectivity index (χ3v) is 2.00. The smallest absolute Gasteiger partial charge is 0.226 e. The summed E-state index contributed by atoms with van der Waals surface area (Å²) >= 11 is 0. The Labute approximate surface area is 73.5 Å². The third kappa shape index (κ3) is 3.51. The topological polar surface area (TPSA) is 46.2 Å². The number of carbonyl (C=O) groups is 2. The van der Waals surface area contributed by atoms with Crippen LogP contribution in [0.4, 0.5) is 0 Å². The largest absolute Gasteiger partial charge is 0.349 e. The second-order valence-electron chi connectivity index (χ2n) is 3.62. The molecule has 0 unspecified atom stereocenters. The van der Waals surface area contributed by atoms with Crippen molar-refractivity contribution in [2.75, 3.05) is 6.54 Å². The molecule has 3 nitrogen and oxygen atoms in total. The van der Waals surface area contributed by atoms with Gasteiger partial charge in [0.15, 0.2) is 0 Å². The van der Waals surface area contributed by atoms with Crippen molar-refractivity contribution >= 4 is 11.7 Å². The Morgan fingerprint density at radius 3 is 2.17 bits per heavy atom. The molecule has 3 heteroatoms. The zero-order valence-electron chi connectivity index (χ0n) is 8.23. The van der Waals surface area contributed by atoms with Crippen molar-refractivity contribution in [3.05, 3.63) is 0 Å². The molecular weight excluding hydrogens is 154 g/mol. The number of hydrogen-bond donors (Lipinski definition) is 1. The van der Waals surface area contributed by atoms with E-state index in [-0.39, 0.29) is 23.7 Å². The van der Waals surface area contributed by atoms with Gasteiger partial charge in [-0.25, -0.2) is 0 Å². The van der Waals surface area contributed by atoms with Crippen LogP contribution < -0.4 is 5.32 Å². The summed E-state index contributed by atoms with van der Waals surface area (Å²) in [6.07, 6.45) is 0.775. The first kappa shape index (κ1) is 11.1. The van der Waals surface area contributed by atoms with Crippen molar-refractivity contribution in [2.45, 2.75) is 34.1 Å². The van der Waals surface area contributed by atoms with Crippen molar-refractivity contribution in [3.63, 3.8) is 0 Å². The number of Topliss-reactive ketones (excluding diaryl/α,β-unsaturated/α-hetero) is 1. The standard InChI is InChI=1S/C9H17NO2/c1-5-9(3,4)8(12)10-6-7(2)11/h5-6H2,1-4H3,(H,10,12). The minimum absolute atomic E-state index is 0.0183. The molecule has 0 aliphatic rings.